The van der Waals surface area contributed by atoms with Crippen molar-refractivity contribution in [3.8, 4) is 17.1 Å². The van der Waals surface area contributed by atoms with Gasteiger partial charge >= 0.3 is 0 Å². The van der Waals surface area contributed by atoms with Crippen molar-refractivity contribution in [2.75, 3.05) is 0 Å². The Balaban J connectivity index is 1.42. The van der Waals surface area contributed by atoms with Gasteiger partial charge in [0.15, 0.2) is 0 Å². The van der Waals surface area contributed by atoms with Gasteiger partial charge in [0.25, 0.3) is 5.91 Å². The molecule has 2 aliphatic heterocycles. The molecule has 1 atom stereocenters. The predicted molar refractivity (Wildman–Crippen MR) is 105 cm³/mol. The molecule has 2 aliphatic rings. The number of nitrogens with one attached hydrogen (secondary N) is 1. The van der Waals surface area contributed by atoms with E-state index in [4.69, 9.17) is 11.6 Å². The average molecular weight is 426 g/mol. The van der Waals surface area contributed by atoms with Gasteiger partial charge in [-0.25, -0.2) is 4.68 Å². The van der Waals surface area contributed by atoms with Gasteiger partial charge in [0, 0.05) is 31.8 Å². The van der Waals surface area contributed by atoms with E-state index in [0.717, 1.165) is 11.3 Å². The summed E-state index contributed by atoms with van der Waals surface area (Å²) >= 11 is 6.18. The summed E-state index contributed by atoms with van der Waals surface area (Å²) in [6, 6.07) is 4.68. The highest BCUT2D eigenvalue weighted by Gasteiger charge is 2.39. The van der Waals surface area contributed by atoms with Crippen LogP contribution in [-0.4, -0.2) is 53.4 Å². The van der Waals surface area contributed by atoms with Crippen LogP contribution in [0, 0.1) is 0 Å². The van der Waals surface area contributed by atoms with Gasteiger partial charge in [0.05, 0.1) is 16.9 Å². The van der Waals surface area contributed by atoms with E-state index in [9.17, 15) is 14.4 Å². The number of halogens is 1. The van der Waals surface area contributed by atoms with Gasteiger partial charge in [0.2, 0.25) is 11.8 Å². The first-order valence-corrected chi connectivity index (χ1v) is 9.68. The third-order valence-corrected chi connectivity index (χ3v) is 5.57. The molecule has 5 rings (SSSR count). The molecule has 1 fully saturated rings. The van der Waals surface area contributed by atoms with Crippen molar-refractivity contribution in [2.24, 2.45) is 7.05 Å². The molecule has 0 saturated carbocycles. The number of carbonyl (C=O) groups is 3. The van der Waals surface area contributed by atoms with Gasteiger partial charge in [-0.15, -0.1) is 5.10 Å². The van der Waals surface area contributed by atoms with E-state index in [1.165, 1.54) is 4.90 Å². The number of imide groups is 1. The number of benzene rings is 1. The van der Waals surface area contributed by atoms with Crippen molar-refractivity contribution in [3.05, 3.63) is 46.7 Å². The monoisotopic (exact) mass is 425 g/mol. The maximum absolute atomic E-state index is 12.8. The van der Waals surface area contributed by atoms with Gasteiger partial charge in [0.1, 0.15) is 17.4 Å². The van der Waals surface area contributed by atoms with E-state index in [1.54, 1.807) is 40.9 Å². The molecule has 1 aromatic carbocycles. The minimum absolute atomic E-state index is 0.217. The number of aromatic nitrogens is 5. The number of hydrogen-bond donors (Lipinski definition) is 1. The van der Waals surface area contributed by atoms with Crippen molar-refractivity contribution in [1.29, 1.82) is 0 Å². The van der Waals surface area contributed by atoms with E-state index in [-0.39, 0.29) is 18.2 Å². The highest BCUT2D eigenvalue weighted by Crippen LogP contribution is 2.30. The Labute approximate surface area is 175 Å². The van der Waals surface area contributed by atoms with Crippen LogP contribution in [0.15, 0.2) is 30.6 Å². The Hall–Kier alpha value is -3.53. The molecular formula is C19H16ClN7O3. The molecule has 152 valence electrons. The zero-order valence-corrected chi connectivity index (χ0v) is 16.6. The molecule has 0 bridgehead atoms. The van der Waals surface area contributed by atoms with Crippen LogP contribution in [0.2, 0.25) is 5.02 Å². The molecule has 3 amide bonds. The van der Waals surface area contributed by atoms with Gasteiger partial charge in [-0.05, 0) is 30.2 Å². The fourth-order valence-electron chi connectivity index (χ4n) is 3.83. The molecule has 11 heteroatoms. The van der Waals surface area contributed by atoms with Crippen molar-refractivity contribution >= 4 is 29.3 Å². The summed E-state index contributed by atoms with van der Waals surface area (Å²) in [6.07, 6.45) is 3.94. The van der Waals surface area contributed by atoms with Crippen LogP contribution in [0.5, 0.6) is 0 Å². The minimum Gasteiger partial charge on any atom is -0.322 e. The smallest absolute Gasteiger partial charge is 0.255 e. The van der Waals surface area contributed by atoms with Crippen molar-refractivity contribution in [2.45, 2.75) is 25.4 Å². The fourth-order valence-corrected chi connectivity index (χ4v) is 4.11. The number of amides is 3. The molecule has 0 aliphatic carbocycles. The summed E-state index contributed by atoms with van der Waals surface area (Å²) < 4.78 is 3.18. The summed E-state index contributed by atoms with van der Waals surface area (Å²) in [5, 5.41) is 15.4. The van der Waals surface area contributed by atoms with Crippen LogP contribution in [-0.2, 0) is 23.2 Å². The molecule has 0 spiro atoms. The summed E-state index contributed by atoms with van der Waals surface area (Å²) in [5.74, 6) is -0.955. The van der Waals surface area contributed by atoms with Crippen LogP contribution in [0.25, 0.3) is 17.1 Å². The third kappa shape index (κ3) is 2.96. The van der Waals surface area contributed by atoms with Crippen LogP contribution in [0.3, 0.4) is 0 Å². The second-order valence-electron chi connectivity index (χ2n) is 7.29. The van der Waals surface area contributed by atoms with E-state index in [1.807, 2.05) is 6.07 Å². The van der Waals surface area contributed by atoms with E-state index >= 15 is 0 Å². The normalized spacial score (nSPS) is 18.7. The molecular weight excluding hydrogens is 410 g/mol. The first kappa shape index (κ1) is 18.5. The number of rotatable bonds is 3. The maximum atomic E-state index is 12.8. The van der Waals surface area contributed by atoms with Gasteiger partial charge < -0.3 is 4.90 Å². The molecule has 30 heavy (non-hydrogen) atoms. The summed E-state index contributed by atoms with van der Waals surface area (Å²) in [4.78, 5) is 37.9. The first-order chi connectivity index (χ1) is 14.4. The van der Waals surface area contributed by atoms with Crippen molar-refractivity contribution in [3.63, 3.8) is 0 Å². The highest BCUT2D eigenvalue weighted by molar-refractivity contribution is 6.32. The lowest BCUT2D eigenvalue weighted by Gasteiger charge is -2.29. The quantitative estimate of drug-likeness (QED) is 0.628. The molecule has 1 unspecified atom stereocenters. The summed E-state index contributed by atoms with van der Waals surface area (Å²) in [5.41, 5.74) is 3.11. The number of fused-ring (bicyclic) bond motifs is 1. The molecule has 4 heterocycles. The second kappa shape index (κ2) is 6.77. The summed E-state index contributed by atoms with van der Waals surface area (Å²) in [7, 11) is 1.77. The summed E-state index contributed by atoms with van der Waals surface area (Å²) in [6.45, 7) is 0.294. The number of carbonyl (C=O) groups excluding carboxylic acids is 3. The molecule has 2 aromatic heterocycles. The average Bonchev–Trinajstić information content (AvgIpc) is 3.39. The van der Waals surface area contributed by atoms with Crippen LogP contribution in [0.1, 0.15) is 28.8 Å². The number of hydrogen-bond acceptors (Lipinski definition) is 6. The lowest BCUT2D eigenvalue weighted by atomic mass is 10.0. The van der Waals surface area contributed by atoms with Crippen LogP contribution >= 0.6 is 11.6 Å². The highest BCUT2D eigenvalue weighted by atomic mass is 35.5. The minimum atomic E-state index is -0.643. The third-order valence-electron chi connectivity index (χ3n) is 5.29. The Kier molecular flexibility index (Phi) is 4.17. The standard InChI is InChI=1S/C19H16ClN7O3/c1-25-8-13(20)17(23-25)14-9-27(24-22-14)11-2-3-12-10(6-11)7-26(19(12)30)15-4-5-16(28)21-18(15)29/h2-3,6,8-9,15H,4-5,7H2,1H3,(H,21,28,29). The Morgan fingerprint density at radius 3 is 2.77 bits per heavy atom. The zero-order chi connectivity index (χ0) is 21.0. The van der Waals surface area contributed by atoms with Crippen LogP contribution in [0.4, 0.5) is 0 Å². The van der Waals surface area contributed by atoms with E-state index in [0.29, 0.717) is 34.9 Å². The lowest BCUT2D eigenvalue weighted by molar-refractivity contribution is -0.136. The second-order valence-corrected chi connectivity index (χ2v) is 7.70. The van der Waals surface area contributed by atoms with Gasteiger partial charge in [-0.2, -0.15) is 5.10 Å². The Morgan fingerprint density at radius 2 is 2.03 bits per heavy atom. The van der Waals surface area contributed by atoms with Gasteiger partial charge in [-0.3, -0.25) is 24.4 Å². The first-order valence-electron chi connectivity index (χ1n) is 9.30. The largest absolute Gasteiger partial charge is 0.322 e. The molecule has 1 N–H and O–H groups in total. The number of aryl methyl sites for hydroxylation is 1. The van der Waals surface area contributed by atoms with E-state index in [2.05, 4.69) is 20.7 Å². The Bertz CT molecular complexity index is 1210. The van der Waals surface area contributed by atoms with Gasteiger partial charge in [-0.1, -0.05) is 16.8 Å². The number of piperidine rings is 1. The molecule has 1 saturated heterocycles. The number of nitrogens with zero attached hydrogens (tertiary/aromatic N) is 6. The topological polar surface area (TPSA) is 115 Å². The zero-order valence-electron chi connectivity index (χ0n) is 15.9. The lowest BCUT2D eigenvalue weighted by Crippen LogP contribution is -2.52. The van der Waals surface area contributed by atoms with Crippen molar-refractivity contribution in [1.82, 2.24) is 35.0 Å². The molecule has 0 radical (unpaired) electrons. The maximum Gasteiger partial charge on any atom is 0.255 e. The molecule has 10 nitrogen and oxygen atoms in total. The van der Waals surface area contributed by atoms with Crippen LogP contribution < -0.4 is 5.32 Å². The fraction of sp³-hybridized carbons (Fsp3) is 0.263. The van der Waals surface area contributed by atoms with Crippen molar-refractivity contribution < 1.29 is 14.4 Å². The SMILES string of the molecule is Cn1cc(Cl)c(-c2cn(-c3ccc4c(c3)CN(C3CCC(=O)NC3=O)C4=O)nn2)n1. The predicted octanol–water partition coefficient (Wildman–Crippen LogP) is 1.08. The van der Waals surface area contributed by atoms with E-state index < -0.39 is 11.9 Å². The molecule has 3 aromatic rings. The Morgan fingerprint density at radius 1 is 1.20 bits per heavy atom.